The number of rotatable bonds is 28. The maximum absolute atomic E-state index is 14.6. The Morgan fingerprint density at radius 3 is 2.06 bits per heavy atom. The Kier molecular flexibility index (Phi) is 23.4. The number of guanidine groups is 2. The number of carboxylic acid groups (broad SMARTS) is 1. The van der Waals surface area contributed by atoms with Crippen LogP contribution in [0.2, 0.25) is 0 Å². The van der Waals surface area contributed by atoms with Crippen LogP contribution in [0.3, 0.4) is 0 Å². The van der Waals surface area contributed by atoms with Gasteiger partial charge in [-0.1, -0.05) is 80.4 Å². The van der Waals surface area contributed by atoms with Gasteiger partial charge in [-0.05, 0) is 86.1 Å². The number of hydrogen-bond donors (Lipinski definition) is 11. The van der Waals surface area contributed by atoms with Crippen LogP contribution in [0.4, 0.5) is 0 Å². The molecule has 2 aromatic rings. The third kappa shape index (κ3) is 19.4. The van der Waals surface area contributed by atoms with E-state index in [2.05, 4.69) is 52.5 Å². The summed E-state index contributed by atoms with van der Waals surface area (Å²) in [5.41, 5.74) is 23.6. The van der Waals surface area contributed by atoms with Crippen molar-refractivity contribution in [2.45, 2.75) is 128 Å². The van der Waals surface area contributed by atoms with Crippen LogP contribution in [0.25, 0.3) is 0 Å². The number of benzene rings is 2. The van der Waals surface area contributed by atoms with E-state index < -0.39 is 65.9 Å². The molecular formula is C46H71BrN12O8. The van der Waals surface area contributed by atoms with E-state index in [9.17, 15) is 39.0 Å². The highest BCUT2D eigenvalue weighted by atomic mass is 79.9. The standard InChI is InChI=1S/C46H71BrN12O8/c1-5-28(4)39(42(64)57-36(44(66)67)23-27(2)3)58-40(62)35(24-29-16-18-32(60)19-17-29)56-41(63)37-15-10-22-59(37)43(65)34(14-9-21-53-46(50)51)54-26-31(12-8-20-52-45(48)49)55-38(61)25-30-11-6-7-13-33(30)47/h6-7,11,13,16-19,27-28,31,34-37,39,54,60H,5,8-10,12,14-15,20-26H2,1-4H3,(H,55,61)(H,56,63)(H,57,64)(H,58,62)(H,66,67)(H4,48,49,52)(H4,50,51,53)/t28-,31-,34-,35-,36-,37-,39-/m0/s1. The van der Waals surface area contributed by atoms with E-state index in [1.54, 1.807) is 19.1 Å². The average Bonchev–Trinajstić information content (AvgIpc) is 3.77. The molecule has 5 amide bonds. The van der Waals surface area contributed by atoms with Gasteiger partial charge in [0.2, 0.25) is 29.5 Å². The number of aliphatic carboxylic acids is 1. The monoisotopic (exact) mass is 998 g/mol. The molecule has 1 saturated heterocycles. The fourth-order valence-corrected chi connectivity index (χ4v) is 8.15. The average molecular weight is 1000 g/mol. The summed E-state index contributed by atoms with van der Waals surface area (Å²) in [5, 5.41) is 34.4. The Morgan fingerprint density at radius 1 is 0.821 bits per heavy atom. The van der Waals surface area contributed by atoms with E-state index >= 15 is 0 Å². The molecule has 1 aliphatic rings. The van der Waals surface area contributed by atoms with Gasteiger partial charge < -0.3 is 64.6 Å². The first-order valence-corrected chi connectivity index (χ1v) is 23.7. The summed E-state index contributed by atoms with van der Waals surface area (Å²) in [5.74, 6) is -4.36. The number of phenolic OH excluding ortho intramolecular Hbond substituents is 1. The molecule has 370 valence electrons. The topological polar surface area (TPSA) is 335 Å². The third-order valence-corrected chi connectivity index (χ3v) is 12.3. The van der Waals surface area contributed by atoms with Crippen LogP contribution in [0.15, 0.2) is 63.0 Å². The van der Waals surface area contributed by atoms with Crippen LogP contribution >= 0.6 is 15.9 Å². The van der Waals surface area contributed by atoms with Crippen LogP contribution in [0.5, 0.6) is 5.75 Å². The van der Waals surface area contributed by atoms with Crippen molar-refractivity contribution in [3.05, 3.63) is 64.1 Å². The second-order valence-corrected chi connectivity index (χ2v) is 18.3. The Morgan fingerprint density at radius 2 is 1.46 bits per heavy atom. The fraction of sp³-hybridized carbons (Fsp3) is 0.565. The number of carbonyl (C=O) groups excluding carboxylic acids is 5. The minimum Gasteiger partial charge on any atom is -0.508 e. The van der Waals surface area contributed by atoms with Crippen LogP contribution < -0.4 is 49.5 Å². The smallest absolute Gasteiger partial charge is 0.326 e. The molecule has 1 fully saturated rings. The van der Waals surface area contributed by atoms with E-state index in [1.807, 2.05) is 45.0 Å². The number of nitrogens with one attached hydrogen (secondary N) is 5. The summed E-state index contributed by atoms with van der Waals surface area (Å²) in [6, 6.07) is 7.69. The lowest BCUT2D eigenvalue weighted by atomic mass is 9.96. The number of halogens is 1. The number of nitrogens with zero attached hydrogens (tertiary/aromatic N) is 3. The number of carboxylic acids is 1. The molecule has 1 aliphatic heterocycles. The van der Waals surface area contributed by atoms with E-state index in [0.717, 1.165) is 10.0 Å². The lowest BCUT2D eigenvalue weighted by Crippen LogP contribution is -2.60. The summed E-state index contributed by atoms with van der Waals surface area (Å²) < 4.78 is 0.793. The van der Waals surface area contributed by atoms with E-state index in [1.165, 1.54) is 17.0 Å². The van der Waals surface area contributed by atoms with Crippen molar-refractivity contribution >= 4 is 63.4 Å². The van der Waals surface area contributed by atoms with Crippen LogP contribution in [-0.2, 0) is 41.6 Å². The molecule has 0 bridgehead atoms. The zero-order chi connectivity index (χ0) is 49.6. The molecule has 0 saturated carbocycles. The lowest BCUT2D eigenvalue weighted by molar-refractivity contribution is -0.143. The van der Waals surface area contributed by atoms with Gasteiger partial charge in [-0.2, -0.15) is 0 Å². The minimum atomic E-state index is -1.24. The highest BCUT2D eigenvalue weighted by Gasteiger charge is 2.39. The van der Waals surface area contributed by atoms with Gasteiger partial charge in [0.15, 0.2) is 11.9 Å². The van der Waals surface area contributed by atoms with Gasteiger partial charge >= 0.3 is 5.97 Å². The Bertz CT molecular complexity index is 2010. The maximum Gasteiger partial charge on any atom is 0.326 e. The van der Waals surface area contributed by atoms with Crippen molar-refractivity contribution in [3.63, 3.8) is 0 Å². The molecule has 15 N–H and O–H groups in total. The zero-order valence-electron chi connectivity index (χ0n) is 39.0. The van der Waals surface area contributed by atoms with E-state index in [-0.39, 0.29) is 80.7 Å². The highest BCUT2D eigenvalue weighted by molar-refractivity contribution is 9.10. The van der Waals surface area contributed by atoms with Crippen LogP contribution in [0.1, 0.15) is 90.2 Å². The first-order chi connectivity index (χ1) is 31.8. The summed E-state index contributed by atoms with van der Waals surface area (Å²) in [6.07, 6.45) is 3.18. The molecule has 7 atom stereocenters. The number of likely N-dealkylation sites (tertiary alicyclic amines) is 1. The van der Waals surface area contributed by atoms with Crippen molar-refractivity contribution < 1.29 is 39.0 Å². The first kappa shape index (κ1) is 55.4. The molecule has 0 radical (unpaired) electrons. The molecule has 2 aromatic carbocycles. The predicted molar refractivity (Wildman–Crippen MR) is 260 cm³/mol. The number of aliphatic imine (C=N–C) groups is 2. The molecular weight excluding hydrogens is 928 g/mol. The number of carbonyl (C=O) groups is 6. The highest BCUT2D eigenvalue weighted by Crippen LogP contribution is 2.22. The fourth-order valence-electron chi connectivity index (χ4n) is 7.72. The number of phenols is 1. The molecule has 1 heterocycles. The zero-order valence-corrected chi connectivity index (χ0v) is 40.6. The molecule has 3 rings (SSSR count). The summed E-state index contributed by atoms with van der Waals surface area (Å²) in [7, 11) is 0. The molecule has 21 heteroatoms. The number of amides is 5. The Balaban J connectivity index is 1.88. The largest absolute Gasteiger partial charge is 0.508 e. The molecule has 20 nitrogen and oxygen atoms in total. The number of nitrogens with two attached hydrogens (primary N) is 4. The first-order valence-electron chi connectivity index (χ1n) is 22.9. The summed E-state index contributed by atoms with van der Waals surface area (Å²) >= 11 is 3.50. The second kappa shape index (κ2) is 28.3. The maximum atomic E-state index is 14.6. The summed E-state index contributed by atoms with van der Waals surface area (Å²) in [4.78, 5) is 91.8. The van der Waals surface area contributed by atoms with Gasteiger partial charge in [0.1, 0.15) is 29.9 Å². The van der Waals surface area contributed by atoms with Crippen molar-refractivity contribution in [1.29, 1.82) is 0 Å². The van der Waals surface area contributed by atoms with Crippen LogP contribution in [-0.4, -0.2) is 125 Å². The van der Waals surface area contributed by atoms with Crippen molar-refractivity contribution in [1.82, 2.24) is 31.5 Å². The predicted octanol–water partition coefficient (Wildman–Crippen LogP) is 1.11. The van der Waals surface area contributed by atoms with Gasteiger partial charge in [-0.15, -0.1) is 0 Å². The van der Waals surface area contributed by atoms with Crippen molar-refractivity contribution in [2.75, 3.05) is 26.2 Å². The second-order valence-electron chi connectivity index (χ2n) is 17.4. The van der Waals surface area contributed by atoms with E-state index in [4.69, 9.17) is 22.9 Å². The number of aromatic hydroxyl groups is 1. The molecule has 0 spiro atoms. The molecule has 0 unspecified atom stereocenters. The molecule has 0 aromatic heterocycles. The van der Waals surface area contributed by atoms with Gasteiger partial charge in [-0.3, -0.25) is 34.0 Å². The van der Waals surface area contributed by atoms with Crippen LogP contribution in [0, 0.1) is 11.8 Å². The van der Waals surface area contributed by atoms with Crippen molar-refractivity contribution in [3.8, 4) is 5.75 Å². The van der Waals surface area contributed by atoms with Gasteiger partial charge in [-0.25, -0.2) is 4.79 Å². The number of hydrogen-bond acceptors (Lipinski definition) is 10. The molecule has 0 aliphatic carbocycles. The SMILES string of the molecule is CC[C@H](C)[C@H](NC(=O)[C@H](Cc1ccc(O)cc1)NC(=O)[C@@H]1CCCN1C(=O)[C@H](CCCN=C(N)N)NC[C@H](CCCN=C(N)N)NC(=O)Cc1ccccc1Br)C(=O)N[C@@H](CC(C)C)C(=O)O. The summed E-state index contributed by atoms with van der Waals surface area (Å²) in [6.45, 7) is 8.25. The quantitative estimate of drug-likeness (QED) is 0.0324. The third-order valence-electron chi connectivity index (χ3n) is 11.5. The van der Waals surface area contributed by atoms with Crippen molar-refractivity contribution in [2.24, 2.45) is 44.8 Å². The molecule has 67 heavy (non-hydrogen) atoms. The Hall–Kier alpha value is -5.96. The van der Waals surface area contributed by atoms with Gasteiger partial charge in [0, 0.05) is 43.1 Å². The Labute approximate surface area is 401 Å². The van der Waals surface area contributed by atoms with E-state index in [0.29, 0.717) is 50.6 Å². The van der Waals surface area contributed by atoms with Gasteiger partial charge in [0.25, 0.3) is 0 Å². The minimum absolute atomic E-state index is 0.00155. The lowest BCUT2D eigenvalue weighted by Gasteiger charge is -2.31. The van der Waals surface area contributed by atoms with Gasteiger partial charge in [0.05, 0.1) is 12.5 Å². The normalized spacial score (nSPS) is 16.1.